The first-order chi connectivity index (χ1) is 14.4. The highest BCUT2D eigenvalue weighted by atomic mass is 16.5. The number of carbonyl (C=O) groups is 1. The number of aliphatic hydroxyl groups excluding tert-OH is 3. The number of hydrogen-bond acceptors (Lipinski definition) is 5. The first-order valence-corrected chi connectivity index (χ1v) is 11.3. The highest BCUT2D eigenvalue weighted by molar-refractivity contribution is 5.66. The second-order valence-corrected chi connectivity index (χ2v) is 8.67. The van der Waals surface area contributed by atoms with Gasteiger partial charge >= 0.3 is 5.97 Å². The maximum Gasteiger partial charge on any atom is 0.303 e. The first kappa shape index (κ1) is 24.6. The van der Waals surface area contributed by atoms with Gasteiger partial charge in [0.2, 0.25) is 0 Å². The van der Waals surface area contributed by atoms with Crippen molar-refractivity contribution in [3.05, 3.63) is 29.8 Å². The number of ether oxygens (including phenoxy) is 1. The molecule has 0 spiro atoms. The van der Waals surface area contributed by atoms with Crippen molar-refractivity contribution in [2.45, 2.75) is 88.9 Å². The van der Waals surface area contributed by atoms with Crippen molar-refractivity contribution in [2.75, 3.05) is 7.11 Å². The van der Waals surface area contributed by atoms with E-state index in [9.17, 15) is 20.1 Å². The Balaban J connectivity index is 1.72. The molecule has 0 aliphatic heterocycles. The van der Waals surface area contributed by atoms with Crippen LogP contribution < -0.4 is 4.74 Å². The van der Waals surface area contributed by atoms with Gasteiger partial charge in [-0.1, -0.05) is 31.4 Å². The van der Waals surface area contributed by atoms with Crippen LogP contribution in [-0.4, -0.2) is 51.8 Å². The molecule has 2 rings (SSSR count). The largest absolute Gasteiger partial charge is 0.497 e. The van der Waals surface area contributed by atoms with Crippen molar-refractivity contribution in [3.63, 3.8) is 0 Å². The molecule has 0 aromatic heterocycles. The van der Waals surface area contributed by atoms with Crippen LogP contribution in [0.15, 0.2) is 24.3 Å². The van der Waals surface area contributed by atoms with E-state index in [4.69, 9.17) is 9.84 Å². The molecule has 1 saturated carbocycles. The lowest BCUT2D eigenvalue weighted by Crippen LogP contribution is -2.24. The minimum absolute atomic E-state index is 0.0190. The van der Waals surface area contributed by atoms with Crippen LogP contribution in [0.5, 0.6) is 5.75 Å². The molecule has 0 saturated heterocycles. The standard InChI is InChI=1S/C24H38O6/c1-30-19-8-6-7-17(15-19)11-12-18(25)13-14-21-20(22(26)16-23(21)27)9-4-2-3-5-10-24(28)29/h6-8,15,18,20-23,25-27H,2-5,9-14,16H2,1H3,(H,28,29). The Hall–Kier alpha value is -1.63. The molecule has 5 unspecified atom stereocenters. The number of rotatable bonds is 14. The molecule has 1 aromatic carbocycles. The molecule has 30 heavy (non-hydrogen) atoms. The number of benzene rings is 1. The Morgan fingerprint density at radius 1 is 1.07 bits per heavy atom. The molecule has 0 radical (unpaired) electrons. The third-order valence-corrected chi connectivity index (χ3v) is 6.43. The van der Waals surface area contributed by atoms with Crippen LogP contribution in [0, 0.1) is 11.8 Å². The zero-order valence-corrected chi connectivity index (χ0v) is 18.1. The summed E-state index contributed by atoms with van der Waals surface area (Å²) in [6, 6.07) is 7.86. The Labute approximate surface area is 179 Å². The Morgan fingerprint density at radius 3 is 2.47 bits per heavy atom. The molecular formula is C24H38O6. The van der Waals surface area contributed by atoms with Gasteiger partial charge in [-0.2, -0.15) is 0 Å². The lowest BCUT2D eigenvalue weighted by molar-refractivity contribution is -0.137. The van der Waals surface area contributed by atoms with E-state index in [1.807, 2.05) is 24.3 Å². The molecule has 1 aliphatic carbocycles. The van der Waals surface area contributed by atoms with Gasteiger partial charge in [-0.15, -0.1) is 0 Å². The first-order valence-electron chi connectivity index (χ1n) is 11.3. The minimum Gasteiger partial charge on any atom is -0.497 e. The van der Waals surface area contributed by atoms with E-state index < -0.39 is 24.3 Å². The van der Waals surface area contributed by atoms with Crippen molar-refractivity contribution < 1.29 is 30.0 Å². The zero-order chi connectivity index (χ0) is 21.9. The lowest BCUT2D eigenvalue weighted by atomic mass is 9.84. The fraction of sp³-hybridized carbons (Fsp3) is 0.708. The highest BCUT2D eigenvalue weighted by Gasteiger charge is 2.40. The number of carboxylic acid groups (broad SMARTS) is 1. The van der Waals surface area contributed by atoms with Crippen LogP contribution in [0.3, 0.4) is 0 Å². The fourth-order valence-electron chi connectivity index (χ4n) is 4.68. The Kier molecular flexibility index (Phi) is 10.6. The van der Waals surface area contributed by atoms with Gasteiger partial charge in [0.05, 0.1) is 25.4 Å². The minimum atomic E-state index is -0.755. The molecule has 0 bridgehead atoms. The smallest absolute Gasteiger partial charge is 0.303 e. The van der Waals surface area contributed by atoms with E-state index in [0.29, 0.717) is 32.1 Å². The van der Waals surface area contributed by atoms with Gasteiger partial charge in [-0.05, 0) is 74.5 Å². The third kappa shape index (κ3) is 8.25. The van der Waals surface area contributed by atoms with E-state index in [2.05, 4.69) is 0 Å². The SMILES string of the molecule is COc1cccc(CCC(O)CCC2C(O)CC(O)C2CCCCCCC(=O)O)c1. The lowest BCUT2D eigenvalue weighted by Gasteiger charge is -2.24. The second-order valence-electron chi connectivity index (χ2n) is 8.67. The van der Waals surface area contributed by atoms with Gasteiger partial charge in [0.1, 0.15) is 5.75 Å². The number of aliphatic carboxylic acids is 1. The molecule has 6 heteroatoms. The summed E-state index contributed by atoms with van der Waals surface area (Å²) in [7, 11) is 1.64. The normalized spacial score (nSPS) is 24.7. The predicted octanol–water partition coefficient (Wildman–Crippen LogP) is 3.55. The Morgan fingerprint density at radius 2 is 1.77 bits per heavy atom. The van der Waals surface area contributed by atoms with Crippen LogP contribution in [0.4, 0.5) is 0 Å². The summed E-state index contributed by atoms with van der Waals surface area (Å²) in [6.07, 6.45) is 6.24. The van der Waals surface area contributed by atoms with Crippen molar-refractivity contribution in [1.82, 2.24) is 0 Å². The average molecular weight is 423 g/mol. The van der Waals surface area contributed by atoms with Crippen molar-refractivity contribution in [2.24, 2.45) is 11.8 Å². The molecule has 1 aromatic rings. The Bertz CT molecular complexity index is 634. The number of aryl methyl sites for hydroxylation is 1. The molecule has 1 aliphatic rings. The molecule has 0 amide bonds. The summed E-state index contributed by atoms with van der Waals surface area (Å²) in [4.78, 5) is 10.6. The molecular weight excluding hydrogens is 384 g/mol. The van der Waals surface area contributed by atoms with Gasteiger partial charge in [0.15, 0.2) is 0 Å². The summed E-state index contributed by atoms with van der Waals surface area (Å²) in [5, 5.41) is 39.9. The van der Waals surface area contributed by atoms with Crippen molar-refractivity contribution in [3.8, 4) is 5.75 Å². The van der Waals surface area contributed by atoms with Crippen molar-refractivity contribution >= 4 is 5.97 Å². The van der Waals surface area contributed by atoms with Crippen LogP contribution in [0.2, 0.25) is 0 Å². The van der Waals surface area contributed by atoms with E-state index in [1.165, 1.54) is 0 Å². The summed E-state index contributed by atoms with van der Waals surface area (Å²) >= 11 is 0. The van der Waals surface area contributed by atoms with Gasteiger partial charge in [-0.25, -0.2) is 0 Å². The summed E-state index contributed by atoms with van der Waals surface area (Å²) in [6.45, 7) is 0. The maximum atomic E-state index is 10.6. The third-order valence-electron chi connectivity index (χ3n) is 6.43. The number of carboxylic acids is 1. The number of aliphatic hydroxyl groups is 3. The molecule has 6 nitrogen and oxygen atoms in total. The monoisotopic (exact) mass is 422 g/mol. The molecule has 4 N–H and O–H groups in total. The van der Waals surface area contributed by atoms with Gasteiger partial charge < -0.3 is 25.2 Å². The number of methoxy groups -OCH3 is 1. The topological polar surface area (TPSA) is 107 Å². The van der Waals surface area contributed by atoms with Gasteiger partial charge in [-0.3, -0.25) is 4.79 Å². The van der Waals surface area contributed by atoms with Gasteiger partial charge in [0.25, 0.3) is 0 Å². The summed E-state index contributed by atoms with van der Waals surface area (Å²) in [5.41, 5.74) is 1.13. The fourth-order valence-corrected chi connectivity index (χ4v) is 4.68. The molecule has 1 fully saturated rings. The summed E-state index contributed by atoms with van der Waals surface area (Å²) < 4.78 is 5.23. The second kappa shape index (κ2) is 12.9. The maximum absolute atomic E-state index is 10.6. The van der Waals surface area contributed by atoms with E-state index in [0.717, 1.165) is 43.4 Å². The predicted molar refractivity (Wildman–Crippen MR) is 116 cm³/mol. The molecule has 5 atom stereocenters. The molecule has 0 heterocycles. The van der Waals surface area contributed by atoms with E-state index in [-0.39, 0.29) is 18.3 Å². The van der Waals surface area contributed by atoms with E-state index in [1.54, 1.807) is 7.11 Å². The van der Waals surface area contributed by atoms with Crippen LogP contribution in [-0.2, 0) is 11.2 Å². The number of hydrogen-bond donors (Lipinski definition) is 4. The average Bonchev–Trinajstić information content (AvgIpc) is 2.99. The number of unbranched alkanes of at least 4 members (excludes halogenated alkanes) is 3. The molecule has 170 valence electrons. The summed E-state index contributed by atoms with van der Waals surface area (Å²) in [5.74, 6) is 0.140. The zero-order valence-electron chi connectivity index (χ0n) is 18.1. The van der Waals surface area contributed by atoms with Crippen LogP contribution >= 0.6 is 0 Å². The quantitative estimate of drug-likeness (QED) is 0.342. The van der Waals surface area contributed by atoms with Crippen molar-refractivity contribution in [1.29, 1.82) is 0 Å². The van der Waals surface area contributed by atoms with E-state index >= 15 is 0 Å². The highest BCUT2D eigenvalue weighted by Crippen LogP contribution is 2.39. The van der Waals surface area contributed by atoms with Crippen LogP contribution in [0.25, 0.3) is 0 Å². The van der Waals surface area contributed by atoms with Gasteiger partial charge in [0, 0.05) is 6.42 Å². The van der Waals surface area contributed by atoms with Crippen LogP contribution in [0.1, 0.15) is 69.8 Å².